The van der Waals surface area contributed by atoms with Crippen molar-refractivity contribution >= 4 is 12.0 Å². The number of benzene rings is 3. The predicted octanol–water partition coefficient (Wildman–Crippen LogP) is 3.53. The minimum Gasteiger partial charge on any atom is -0.444 e. The molecule has 8 heteroatoms. The summed E-state index contributed by atoms with van der Waals surface area (Å²) in [6, 6.07) is 26.5. The van der Waals surface area contributed by atoms with Crippen molar-refractivity contribution in [1.29, 1.82) is 0 Å². The van der Waals surface area contributed by atoms with Crippen LogP contribution in [0, 0.1) is 0 Å². The number of aliphatic hydroxyl groups excluding tert-OH is 2. The van der Waals surface area contributed by atoms with Crippen LogP contribution in [0.5, 0.6) is 0 Å². The lowest BCUT2D eigenvalue weighted by Crippen LogP contribution is -2.54. The minimum absolute atomic E-state index is 0.0351. The Morgan fingerprint density at radius 1 is 0.800 bits per heavy atom. The quantitative estimate of drug-likeness (QED) is 0.223. The first-order valence-corrected chi connectivity index (χ1v) is 13.6. The van der Waals surface area contributed by atoms with Crippen LogP contribution >= 0.6 is 0 Å². The highest BCUT2D eigenvalue weighted by Crippen LogP contribution is 2.14. The van der Waals surface area contributed by atoms with Crippen LogP contribution in [0.4, 0.5) is 4.79 Å². The molecule has 0 unspecified atom stereocenters. The summed E-state index contributed by atoms with van der Waals surface area (Å²) in [6.07, 6.45) is -0.907. The zero-order valence-corrected chi connectivity index (χ0v) is 23.4. The number of carbonyl (C=O) groups excluding carboxylic acids is 2. The topological polar surface area (TPSA) is 120 Å². The van der Waals surface area contributed by atoms with E-state index in [0.29, 0.717) is 12.8 Å². The summed E-state index contributed by atoms with van der Waals surface area (Å²) in [6.45, 7) is 5.11. The molecule has 5 N–H and O–H groups in total. The minimum atomic E-state index is -1.03. The molecule has 0 aliphatic rings. The average molecular weight is 548 g/mol. The van der Waals surface area contributed by atoms with Crippen LogP contribution in [0.1, 0.15) is 43.5 Å². The zero-order valence-electron chi connectivity index (χ0n) is 23.4. The van der Waals surface area contributed by atoms with Gasteiger partial charge in [-0.1, -0.05) is 91.0 Å². The molecule has 3 aromatic rings. The highest BCUT2D eigenvalue weighted by molar-refractivity contribution is 5.82. The maximum atomic E-state index is 13.4. The van der Waals surface area contributed by atoms with E-state index in [2.05, 4.69) is 16.0 Å². The van der Waals surface area contributed by atoms with E-state index in [-0.39, 0.29) is 19.1 Å². The molecule has 8 nitrogen and oxygen atoms in total. The van der Waals surface area contributed by atoms with Gasteiger partial charge in [0.2, 0.25) is 5.91 Å². The number of nitrogens with one attached hydrogen (secondary N) is 3. The normalized spacial score (nSPS) is 14.4. The van der Waals surface area contributed by atoms with E-state index in [9.17, 15) is 19.8 Å². The molecule has 40 heavy (non-hydrogen) atoms. The Morgan fingerprint density at radius 2 is 1.32 bits per heavy atom. The van der Waals surface area contributed by atoms with Gasteiger partial charge in [-0.2, -0.15) is 0 Å². The van der Waals surface area contributed by atoms with Gasteiger partial charge in [-0.25, -0.2) is 4.79 Å². The largest absolute Gasteiger partial charge is 0.444 e. The highest BCUT2D eigenvalue weighted by Gasteiger charge is 2.28. The lowest BCUT2D eigenvalue weighted by molar-refractivity contribution is -0.124. The van der Waals surface area contributed by atoms with E-state index in [1.807, 2.05) is 91.0 Å². The summed E-state index contributed by atoms with van der Waals surface area (Å²) < 4.78 is 5.43. The third-order valence-corrected chi connectivity index (χ3v) is 6.34. The van der Waals surface area contributed by atoms with E-state index >= 15 is 0 Å². The number of amides is 2. The monoisotopic (exact) mass is 547 g/mol. The summed E-state index contributed by atoms with van der Waals surface area (Å²) in [7, 11) is 0. The van der Waals surface area contributed by atoms with Gasteiger partial charge in [0.05, 0.1) is 30.8 Å². The molecule has 0 bridgehead atoms. The fourth-order valence-corrected chi connectivity index (χ4v) is 4.31. The SMILES string of the molecule is CC(C)(C)OC(=O)N[C@@H](Cc1ccccc1)[C@H](O)CN[C@@H](Cc1ccccc1)C(=O)N[C@H](CO)c1ccccc1. The molecule has 214 valence electrons. The second-order valence-corrected chi connectivity index (χ2v) is 10.8. The molecule has 0 fully saturated rings. The van der Waals surface area contributed by atoms with Crippen LogP contribution in [-0.4, -0.2) is 59.2 Å². The number of hydrogen-bond acceptors (Lipinski definition) is 6. The summed E-state index contributed by atoms with van der Waals surface area (Å²) in [5.74, 6) is -0.307. The van der Waals surface area contributed by atoms with Crippen LogP contribution < -0.4 is 16.0 Å². The molecule has 0 saturated heterocycles. The molecular weight excluding hydrogens is 506 g/mol. The second-order valence-electron chi connectivity index (χ2n) is 10.8. The Labute approximate surface area is 236 Å². The molecule has 4 atom stereocenters. The van der Waals surface area contributed by atoms with Crippen molar-refractivity contribution in [2.75, 3.05) is 13.2 Å². The Morgan fingerprint density at radius 3 is 1.85 bits per heavy atom. The lowest BCUT2D eigenvalue weighted by Gasteiger charge is -2.29. The first-order chi connectivity index (χ1) is 19.1. The van der Waals surface area contributed by atoms with Crippen LogP contribution in [-0.2, 0) is 22.4 Å². The number of rotatable bonds is 13. The summed E-state index contributed by atoms with van der Waals surface area (Å²) in [5.41, 5.74) is 1.99. The molecular formula is C32H41N3O5. The molecule has 0 radical (unpaired) electrons. The third kappa shape index (κ3) is 10.4. The van der Waals surface area contributed by atoms with Crippen molar-refractivity contribution in [2.45, 2.75) is 63.4 Å². The first kappa shape index (κ1) is 30.8. The van der Waals surface area contributed by atoms with Gasteiger partial charge in [0.1, 0.15) is 5.60 Å². The standard InChI is InChI=1S/C32H41N3O5/c1-32(2,3)40-31(39)35-26(19-23-13-7-4-8-14-23)29(37)21-33-27(20-24-15-9-5-10-16-24)30(38)34-28(22-36)25-17-11-6-12-18-25/h4-18,26-29,33,36-37H,19-22H2,1-3H3,(H,34,38)(H,35,39)/t26-,27-,28+,29+/m0/s1. The predicted molar refractivity (Wildman–Crippen MR) is 156 cm³/mol. The maximum absolute atomic E-state index is 13.4. The van der Waals surface area contributed by atoms with E-state index in [4.69, 9.17) is 4.74 Å². The Balaban J connectivity index is 1.74. The second kappa shape index (κ2) is 15.2. The smallest absolute Gasteiger partial charge is 0.407 e. The zero-order chi connectivity index (χ0) is 29.0. The molecule has 0 heterocycles. The number of aliphatic hydroxyl groups is 2. The Bertz CT molecular complexity index is 1170. The summed E-state index contributed by atoms with van der Waals surface area (Å²) >= 11 is 0. The Kier molecular flexibility index (Phi) is 11.7. The molecule has 0 saturated carbocycles. The van der Waals surface area contributed by atoms with Crippen molar-refractivity contribution in [1.82, 2.24) is 16.0 Å². The van der Waals surface area contributed by atoms with Crippen LogP contribution in [0.15, 0.2) is 91.0 Å². The van der Waals surface area contributed by atoms with Gasteiger partial charge in [-0.15, -0.1) is 0 Å². The number of hydrogen-bond donors (Lipinski definition) is 5. The average Bonchev–Trinajstić information content (AvgIpc) is 2.94. The van der Waals surface area contributed by atoms with Crippen LogP contribution in [0.25, 0.3) is 0 Å². The molecule has 0 aliphatic heterocycles. The third-order valence-electron chi connectivity index (χ3n) is 6.34. The number of carbonyl (C=O) groups is 2. The number of alkyl carbamates (subject to hydrolysis) is 1. The van der Waals surface area contributed by atoms with Gasteiger partial charge < -0.3 is 30.9 Å². The van der Waals surface area contributed by atoms with Crippen molar-refractivity contribution in [2.24, 2.45) is 0 Å². The molecule has 0 spiro atoms. The van der Waals surface area contributed by atoms with Gasteiger partial charge in [-0.05, 0) is 50.3 Å². The van der Waals surface area contributed by atoms with E-state index in [1.165, 1.54) is 0 Å². The van der Waals surface area contributed by atoms with Crippen LogP contribution in [0.2, 0.25) is 0 Å². The van der Waals surface area contributed by atoms with Gasteiger partial charge in [0.15, 0.2) is 0 Å². The van der Waals surface area contributed by atoms with Crippen molar-refractivity contribution in [3.8, 4) is 0 Å². The Hall–Kier alpha value is -3.72. The molecule has 0 aliphatic carbocycles. The highest BCUT2D eigenvalue weighted by atomic mass is 16.6. The van der Waals surface area contributed by atoms with Crippen molar-refractivity contribution in [3.05, 3.63) is 108 Å². The van der Waals surface area contributed by atoms with Crippen LogP contribution in [0.3, 0.4) is 0 Å². The number of ether oxygens (including phenoxy) is 1. The van der Waals surface area contributed by atoms with Gasteiger partial charge >= 0.3 is 6.09 Å². The van der Waals surface area contributed by atoms with E-state index in [0.717, 1.165) is 16.7 Å². The van der Waals surface area contributed by atoms with Crippen molar-refractivity contribution in [3.63, 3.8) is 0 Å². The summed E-state index contributed by atoms with van der Waals surface area (Å²) in [4.78, 5) is 26.0. The fourth-order valence-electron chi connectivity index (χ4n) is 4.31. The molecule has 0 aromatic heterocycles. The molecule has 2 amide bonds. The van der Waals surface area contributed by atoms with E-state index < -0.39 is 35.9 Å². The molecule has 3 aromatic carbocycles. The van der Waals surface area contributed by atoms with Crippen molar-refractivity contribution < 1.29 is 24.5 Å². The first-order valence-electron chi connectivity index (χ1n) is 13.6. The lowest BCUT2D eigenvalue weighted by atomic mass is 10.00. The maximum Gasteiger partial charge on any atom is 0.407 e. The fraction of sp³-hybridized carbons (Fsp3) is 0.375. The molecule has 3 rings (SSSR count). The summed E-state index contributed by atoms with van der Waals surface area (Å²) in [5, 5.41) is 30.1. The van der Waals surface area contributed by atoms with Gasteiger partial charge in [0, 0.05) is 6.54 Å². The van der Waals surface area contributed by atoms with Gasteiger partial charge in [0.25, 0.3) is 0 Å². The van der Waals surface area contributed by atoms with E-state index in [1.54, 1.807) is 20.8 Å². The van der Waals surface area contributed by atoms with Gasteiger partial charge in [-0.3, -0.25) is 4.79 Å².